The zero-order valence-corrected chi connectivity index (χ0v) is 11.6. The third-order valence-electron chi connectivity index (χ3n) is 2.80. The number of benzene rings is 1. The van der Waals surface area contributed by atoms with Crippen LogP contribution in [-0.4, -0.2) is 30.3 Å². The third kappa shape index (κ3) is 3.57. The fraction of sp³-hybridized carbons (Fsp3) is 0.385. The van der Waals surface area contributed by atoms with Crippen molar-refractivity contribution in [3.63, 3.8) is 0 Å². The van der Waals surface area contributed by atoms with Crippen molar-refractivity contribution in [3.8, 4) is 5.75 Å². The van der Waals surface area contributed by atoms with E-state index in [1.54, 1.807) is 7.11 Å². The molecule has 2 N–H and O–H groups in total. The van der Waals surface area contributed by atoms with Gasteiger partial charge in [0.05, 0.1) is 7.11 Å². The highest BCUT2D eigenvalue weighted by Gasteiger charge is 2.32. The lowest BCUT2D eigenvalue weighted by Crippen LogP contribution is -2.40. The Morgan fingerprint density at radius 3 is 2.95 bits per heavy atom. The van der Waals surface area contributed by atoms with Crippen molar-refractivity contribution in [2.24, 2.45) is 0 Å². The highest BCUT2D eigenvalue weighted by Crippen LogP contribution is 2.17. The van der Waals surface area contributed by atoms with Gasteiger partial charge < -0.3 is 20.1 Å². The second kappa shape index (κ2) is 5.88. The van der Waals surface area contributed by atoms with E-state index in [-0.39, 0.29) is 18.1 Å². The molecule has 1 aliphatic rings. The van der Waals surface area contributed by atoms with Crippen LogP contribution in [0.25, 0.3) is 0 Å². The van der Waals surface area contributed by atoms with Crippen LogP contribution in [0.1, 0.15) is 13.3 Å². The normalized spacial score (nSPS) is 21.7. The van der Waals surface area contributed by atoms with E-state index < -0.39 is 0 Å². The maximum absolute atomic E-state index is 11.5. The molecule has 0 amide bonds. The van der Waals surface area contributed by atoms with Crippen molar-refractivity contribution < 1.29 is 14.3 Å². The molecule has 5 nitrogen and oxygen atoms in total. The largest absolute Gasteiger partial charge is 0.497 e. The average Bonchev–Trinajstić information content (AvgIpc) is 2.68. The van der Waals surface area contributed by atoms with Gasteiger partial charge in [0.25, 0.3) is 0 Å². The molecule has 0 bridgehead atoms. The zero-order valence-electron chi connectivity index (χ0n) is 10.8. The number of carbonyl (C=O) groups excluding carboxylic acids is 1. The number of ether oxygens (including phenoxy) is 2. The number of thiocarbonyl (C=S) groups is 1. The lowest BCUT2D eigenvalue weighted by atomic mass is 10.2. The molecule has 0 unspecified atom stereocenters. The Labute approximate surface area is 117 Å². The fourth-order valence-corrected chi connectivity index (χ4v) is 2.16. The first-order chi connectivity index (χ1) is 9.08. The number of methoxy groups -OCH3 is 1. The summed E-state index contributed by atoms with van der Waals surface area (Å²) in [4.78, 5) is 11.5. The minimum absolute atomic E-state index is 0.0652. The van der Waals surface area contributed by atoms with E-state index >= 15 is 0 Å². The second-order valence-corrected chi connectivity index (χ2v) is 4.77. The molecule has 6 heteroatoms. The van der Waals surface area contributed by atoms with Gasteiger partial charge in [0.2, 0.25) is 0 Å². The number of nitrogens with one attached hydrogen (secondary N) is 2. The van der Waals surface area contributed by atoms with Gasteiger partial charge in [-0.2, -0.15) is 0 Å². The van der Waals surface area contributed by atoms with E-state index in [4.69, 9.17) is 21.7 Å². The highest BCUT2D eigenvalue weighted by molar-refractivity contribution is 7.80. The molecule has 2 atom stereocenters. The van der Waals surface area contributed by atoms with Gasteiger partial charge in [-0.25, -0.2) is 4.79 Å². The van der Waals surface area contributed by atoms with E-state index in [2.05, 4.69) is 10.6 Å². The van der Waals surface area contributed by atoms with Gasteiger partial charge >= 0.3 is 5.97 Å². The van der Waals surface area contributed by atoms with Gasteiger partial charge in [-0.1, -0.05) is 6.07 Å². The van der Waals surface area contributed by atoms with Gasteiger partial charge in [0.15, 0.2) is 5.11 Å². The maximum Gasteiger partial charge on any atom is 0.329 e. The number of esters is 1. The first kappa shape index (κ1) is 13.6. The second-order valence-electron chi connectivity index (χ2n) is 4.37. The molecule has 19 heavy (non-hydrogen) atoms. The summed E-state index contributed by atoms with van der Waals surface area (Å²) in [5.74, 6) is 0.476. The Balaban J connectivity index is 1.92. The van der Waals surface area contributed by atoms with Crippen molar-refractivity contribution in [2.45, 2.75) is 25.5 Å². The van der Waals surface area contributed by atoms with Crippen LogP contribution in [0.4, 0.5) is 5.69 Å². The molecule has 0 radical (unpaired) electrons. The van der Waals surface area contributed by atoms with Gasteiger partial charge in [0, 0.05) is 18.2 Å². The molecular formula is C13H16N2O3S. The standard InChI is InChI=1S/C13H16N2O3S/c1-8-6-11(12(16)18-8)15-13(19)14-9-4-3-5-10(7-9)17-2/h3-5,7-8,11H,6H2,1-2H3,(H2,14,15,19)/t8-,11-/m0/s1. The van der Waals surface area contributed by atoms with E-state index in [9.17, 15) is 4.79 Å². The molecule has 1 aliphatic heterocycles. The van der Waals surface area contributed by atoms with E-state index in [0.29, 0.717) is 11.5 Å². The van der Waals surface area contributed by atoms with Crippen molar-refractivity contribution in [1.82, 2.24) is 5.32 Å². The Bertz CT molecular complexity index is 493. The molecule has 2 rings (SSSR count). The average molecular weight is 280 g/mol. The van der Waals surface area contributed by atoms with Crippen LogP contribution in [-0.2, 0) is 9.53 Å². The third-order valence-corrected chi connectivity index (χ3v) is 3.02. The molecule has 0 aliphatic carbocycles. The van der Waals surface area contributed by atoms with Gasteiger partial charge in [-0.05, 0) is 31.3 Å². The molecule has 0 saturated carbocycles. The summed E-state index contributed by atoms with van der Waals surface area (Å²) >= 11 is 5.17. The van der Waals surface area contributed by atoms with E-state index in [1.165, 1.54) is 0 Å². The number of carbonyl (C=O) groups is 1. The number of anilines is 1. The monoisotopic (exact) mass is 280 g/mol. The van der Waals surface area contributed by atoms with Crippen molar-refractivity contribution in [1.29, 1.82) is 0 Å². The summed E-state index contributed by atoms with van der Waals surface area (Å²) in [5, 5.41) is 6.35. The van der Waals surface area contributed by atoms with E-state index in [0.717, 1.165) is 11.4 Å². The molecule has 102 valence electrons. The Hall–Kier alpha value is -1.82. The Morgan fingerprint density at radius 2 is 2.32 bits per heavy atom. The van der Waals surface area contributed by atoms with Crippen LogP contribution in [0.3, 0.4) is 0 Å². The molecule has 0 aromatic heterocycles. The first-order valence-electron chi connectivity index (χ1n) is 6.00. The number of rotatable bonds is 3. The summed E-state index contributed by atoms with van der Waals surface area (Å²) in [6, 6.07) is 7.02. The highest BCUT2D eigenvalue weighted by atomic mass is 32.1. The predicted octanol–water partition coefficient (Wildman–Crippen LogP) is 1.69. The summed E-state index contributed by atoms with van der Waals surface area (Å²) in [6.45, 7) is 1.86. The number of hydrogen-bond acceptors (Lipinski definition) is 4. The minimum atomic E-state index is -0.374. The van der Waals surface area contributed by atoms with Crippen molar-refractivity contribution in [3.05, 3.63) is 24.3 Å². The number of cyclic esters (lactones) is 1. The van der Waals surface area contributed by atoms with E-state index in [1.807, 2.05) is 31.2 Å². The van der Waals surface area contributed by atoms with Crippen LogP contribution < -0.4 is 15.4 Å². The molecular weight excluding hydrogens is 264 g/mol. The lowest BCUT2D eigenvalue weighted by molar-refractivity contribution is -0.142. The summed E-state index contributed by atoms with van der Waals surface area (Å²) in [5.41, 5.74) is 0.802. The topological polar surface area (TPSA) is 59.6 Å². The van der Waals surface area contributed by atoms with Crippen LogP contribution in [0.15, 0.2) is 24.3 Å². The molecule has 0 spiro atoms. The predicted molar refractivity (Wildman–Crippen MR) is 76.3 cm³/mol. The van der Waals surface area contributed by atoms with Gasteiger partial charge in [0.1, 0.15) is 17.9 Å². The summed E-state index contributed by atoms with van der Waals surface area (Å²) in [7, 11) is 1.60. The van der Waals surface area contributed by atoms with Crippen molar-refractivity contribution >= 4 is 29.0 Å². The maximum atomic E-state index is 11.5. The molecule has 1 saturated heterocycles. The summed E-state index contributed by atoms with van der Waals surface area (Å²) < 4.78 is 10.2. The van der Waals surface area contributed by atoms with Crippen LogP contribution in [0.2, 0.25) is 0 Å². The Kier molecular flexibility index (Phi) is 4.21. The van der Waals surface area contributed by atoms with Gasteiger partial charge in [-0.15, -0.1) is 0 Å². The van der Waals surface area contributed by atoms with Gasteiger partial charge in [-0.3, -0.25) is 0 Å². The lowest BCUT2D eigenvalue weighted by Gasteiger charge is -2.13. The summed E-state index contributed by atoms with van der Waals surface area (Å²) in [6.07, 6.45) is 0.559. The smallest absolute Gasteiger partial charge is 0.329 e. The Morgan fingerprint density at radius 1 is 1.53 bits per heavy atom. The number of hydrogen-bond donors (Lipinski definition) is 2. The fourth-order valence-electron chi connectivity index (χ4n) is 1.90. The first-order valence-corrected chi connectivity index (χ1v) is 6.41. The SMILES string of the molecule is COc1cccc(NC(=S)N[C@H]2C[C@H](C)OC2=O)c1. The molecule has 1 aromatic rings. The van der Waals surface area contributed by atoms with Crippen LogP contribution >= 0.6 is 12.2 Å². The zero-order chi connectivity index (χ0) is 13.8. The molecule has 1 heterocycles. The van der Waals surface area contributed by atoms with Crippen molar-refractivity contribution in [2.75, 3.05) is 12.4 Å². The molecule has 1 aromatic carbocycles. The quantitative estimate of drug-likeness (QED) is 0.649. The van der Waals surface area contributed by atoms with Crippen LogP contribution in [0, 0.1) is 0 Å². The molecule has 1 fully saturated rings. The van der Waals surface area contributed by atoms with Crippen LogP contribution in [0.5, 0.6) is 5.75 Å². The minimum Gasteiger partial charge on any atom is -0.497 e.